The molecule has 2 aromatic carbocycles. The van der Waals surface area contributed by atoms with Crippen LogP contribution < -0.4 is 10.6 Å². The van der Waals surface area contributed by atoms with Gasteiger partial charge in [0, 0.05) is 40.9 Å². The van der Waals surface area contributed by atoms with Crippen molar-refractivity contribution in [3.63, 3.8) is 0 Å². The molecule has 2 amide bonds. The Morgan fingerprint density at radius 2 is 1.77 bits per heavy atom. The Morgan fingerprint density at radius 1 is 1.07 bits per heavy atom. The van der Waals surface area contributed by atoms with Crippen molar-refractivity contribution < 1.29 is 22.4 Å². The van der Waals surface area contributed by atoms with Crippen LogP contribution in [-0.2, 0) is 20.4 Å². The molecule has 0 aliphatic carbocycles. The van der Waals surface area contributed by atoms with E-state index < -0.39 is 15.7 Å². The summed E-state index contributed by atoms with van der Waals surface area (Å²) in [6.45, 7) is 0.238. The highest BCUT2D eigenvalue weighted by molar-refractivity contribution is 7.89. The number of rotatable bonds is 8. The molecule has 0 aliphatic heterocycles. The Morgan fingerprint density at radius 3 is 2.47 bits per heavy atom. The van der Waals surface area contributed by atoms with Gasteiger partial charge in [0.1, 0.15) is 5.58 Å². The average Bonchev–Trinajstić information content (AvgIpc) is 3.04. The van der Waals surface area contributed by atoms with Gasteiger partial charge in [0.2, 0.25) is 5.91 Å². The summed E-state index contributed by atoms with van der Waals surface area (Å²) in [5, 5.41) is 6.61. The molecule has 1 heterocycles. The zero-order chi connectivity index (χ0) is 21.7. The lowest BCUT2D eigenvalue weighted by molar-refractivity contribution is -0.116. The smallest absolute Gasteiger partial charge is 0.287 e. The number of sulfone groups is 1. The van der Waals surface area contributed by atoms with Crippen LogP contribution in [0.1, 0.15) is 29.0 Å². The molecule has 158 valence electrons. The number of fused-ring (bicyclic) bond motifs is 1. The van der Waals surface area contributed by atoms with E-state index >= 15 is 0 Å². The minimum absolute atomic E-state index is 0.0211. The first-order chi connectivity index (χ1) is 14.2. The van der Waals surface area contributed by atoms with Gasteiger partial charge in [-0.05, 0) is 36.8 Å². The van der Waals surface area contributed by atoms with Crippen LogP contribution in [0.3, 0.4) is 0 Å². The first kappa shape index (κ1) is 21.9. The Balaban J connectivity index is 1.58. The molecule has 0 saturated carbocycles. The number of nitrogens with one attached hydrogen (secondary N) is 2. The van der Waals surface area contributed by atoms with Gasteiger partial charge in [0.25, 0.3) is 5.91 Å². The van der Waals surface area contributed by atoms with Crippen molar-refractivity contribution in [3.05, 3.63) is 64.9 Å². The monoisotopic (exact) mass is 448 g/mol. The highest BCUT2D eigenvalue weighted by Gasteiger charge is 2.23. The van der Waals surface area contributed by atoms with Gasteiger partial charge in [-0.15, -0.1) is 0 Å². The van der Waals surface area contributed by atoms with E-state index in [9.17, 15) is 18.0 Å². The van der Waals surface area contributed by atoms with Crippen molar-refractivity contribution >= 4 is 49.9 Å². The first-order valence-corrected chi connectivity index (χ1v) is 11.7. The van der Waals surface area contributed by atoms with Crippen LogP contribution in [0.15, 0.2) is 52.9 Å². The predicted octanol–water partition coefficient (Wildman–Crippen LogP) is 3.78. The summed E-state index contributed by atoms with van der Waals surface area (Å²) >= 11 is 5.81. The summed E-state index contributed by atoms with van der Waals surface area (Å²) < 4.78 is 29.2. The van der Waals surface area contributed by atoms with Gasteiger partial charge in [0.05, 0.1) is 5.75 Å². The van der Waals surface area contributed by atoms with Crippen molar-refractivity contribution in [2.45, 2.75) is 18.6 Å². The van der Waals surface area contributed by atoms with Crippen molar-refractivity contribution in [2.75, 3.05) is 18.1 Å². The van der Waals surface area contributed by atoms with E-state index in [4.69, 9.17) is 16.0 Å². The van der Waals surface area contributed by atoms with Crippen LogP contribution in [0.2, 0.25) is 5.02 Å². The van der Waals surface area contributed by atoms with Crippen LogP contribution in [0.5, 0.6) is 0 Å². The maximum atomic E-state index is 12.6. The highest BCUT2D eigenvalue weighted by atomic mass is 35.5. The zero-order valence-corrected chi connectivity index (χ0v) is 17.8. The molecule has 0 atom stereocenters. The third kappa shape index (κ3) is 5.84. The minimum atomic E-state index is -3.36. The summed E-state index contributed by atoms with van der Waals surface area (Å²) in [7, 11) is -3.36. The molecular formula is C21H21ClN2O5S. The van der Waals surface area contributed by atoms with E-state index in [-0.39, 0.29) is 30.4 Å². The lowest BCUT2D eigenvalue weighted by atomic mass is 10.1. The van der Waals surface area contributed by atoms with Gasteiger partial charge in [-0.3, -0.25) is 9.59 Å². The maximum absolute atomic E-state index is 12.6. The fourth-order valence-corrected chi connectivity index (χ4v) is 3.91. The van der Waals surface area contributed by atoms with E-state index in [0.29, 0.717) is 33.7 Å². The summed E-state index contributed by atoms with van der Waals surface area (Å²) in [5.74, 6) is -1.01. The van der Waals surface area contributed by atoms with Crippen LogP contribution in [0.4, 0.5) is 5.69 Å². The number of hydrogen-bond acceptors (Lipinski definition) is 5. The number of hydrogen-bond donors (Lipinski definition) is 2. The molecule has 0 fully saturated rings. The fraction of sp³-hybridized carbons (Fsp3) is 0.238. The lowest BCUT2D eigenvalue weighted by Crippen LogP contribution is -2.26. The van der Waals surface area contributed by atoms with E-state index in [1.807, 2.05) is 0 Å². The lowest BCUT2D eigenvalue weighted by Gasteiger charge is -2.07. The topological polar surface area (TPSA) is 105 Å². The van der Waals surface area contributed by atoms with E-state index in [1.165, 1.54) is 0 Å². The summed E-state index contributed by atoms with van der Waals surface area (Å²) in [6, 6.07) is 13.7. The summed E-state index contributed by atoms with van der Waals surface area (Å²) in [5.41, 5.74) is 1.43. The molecule has 0 bridgehead atoms. The van der Waals surface area contributed by atoms with Crippen LogP contribution in [0.25, 0.3) is 11.0 Å². The van der Waals surface area contributed by atoms with Crippen LogP contribution in [0, 0.1) is 0 Å². The number of halogens is 1. The average molecular weight is 449 g/mol. The molecule has 0 radical (unpaired) electrons. The largest absolute Gasteiger partial charge is 0.451 e. The number of carbonyl (C=O) groups excluding carboxylic acids is 2. The van der Waals surface area contributed by atoms with Crippen LogP contribution >= 0.6 is 11.6 Å². The third-order valence-electron chi connectivity index (χ3n) is 4.31. The second kappa shape index (κ2) is 9.32. The van der Waals surface area contributed by atoms with Gasteiger partial charge in [-0.2, -0.15) is 0 Å². The van der Waals surface area contributed by atoms with Gasteiger partial charge < -0.3 is 15.1 Å². The normalized spacial score (nSPS) is 11.4. The molecule has 1 aromatic heterocycles. The number of carbonyl (C=O) groups is 2. The van der Waals surface area contributed by atoms with E-state index in [2.05, 4.69) is 10.6 Å². The Kier molecular flexibility index (Phi) is 6.79. The molecule has 0 saturated heterocycles. The second-order valence-electron chi connectivity index (χ2n) is 6.89. The van der Waals surface area contributed by atoms with E-state index in [1.54, 1.807) is 48.5 Å². The third-order valence-corrected chi connectivity index (χ3v) is 5.37. The van der Waals surface area contributed by atoms with Gasteiger partial charge in [-0.1, -0.05) is 29.8 Å². The fourth-order valence-electron chi connectivity index (χ4n) is 2.98. The Labute approximate surface area is 179 Å². The summed E-state index contributed by atoms with van der Waals surface area (Å²) in [6.07, 6.45) is 1.72. The quantitative estimate of drug-likeness (QED) is 0.510. The molecule has 0 spiro atoms. The second-order valence-corrected chi connectivity index (χ2v) is 9.47. The van der Waals surface area contributed by atoms with Crippen molar-refractivity contribution in [1.82, 2.24) is 5.32 Å². The summed E-state index contributed by atoms with van der Waals surface area (Å²) in [4.78, 5) is 24.6. The first-order valence-electron chi connectivity index (χ1n) is 9.25. The van der Waals surface area contributed by atoms with Crippen LogP contribution in [-0.4, -0.2) is 33.0 Å². The molecule has 3 rings (SSSR count). The van der Waals surface area contributed by atoms with Gasteiger partial charge >= 0.3 is 0 Å². The SMILES string of the molecule is CS(=O)(=O)Cc1c(C(=O)NCCCC(=O)Nc2ccc(Cl)cc2)oc2ccccc12. The van der Waals surface area contributed by atoms with E-state index in [0.717, 1.165) is 6.26 Å². The predicted molar refractivity (Wildman–Crippen MR) is 116 cm³/mol. The maximum Gasteiger partial charge on any atom is 0.287 e. The zero-order valence-electron chi connectivity index (χ0n) is 16.3. The molecular weight excluding hydrogens is 428 g/mol. The number of para-hydroxylation sites is 1. The number of amides is 2. The standard InChI is InChI=1S/C21H21ClN2O5S/c1-30(27,28)13-17-16-5-2-3-6-18(16)29-20(17)21(26)23-12-4-7-19(25)24-15-10-8-14(22)9-11-15/h2-3,5-6,8-11H,4,7,12-13H2,1H3,(H,23,26)(H,24,25). The Hall–Kier alpha value is -2.84. The molecule has 30 heavy (non-hydrogen) atoms. The molecule has 3 aromatic rings. The van der Waals surface area contributed by atoms with Crippen molar-refractivity contribution in [3.8, 4) is 0 Å². The highest BCUT2D eigenvalue weighted by Crippen LogP contribution is 2.27. The molecule has 0 unspecified atom stereocenters. The number of benzene rings is 2. The van der Waals surface area contributed by atoms with Crippen molar-refractivity contribution in [1.29, 1.82) is 0 Å². The number of furan rings is 1. The Bertz CT molecular complexity index is 1170. The van der Waals surface area contributed by atoms with Gasteiger partial charge in [0.15, 0.2) is 15.6 Å². The molecule has 7 nitrogen and oxygen atoms in total. The number of anilines is 1. The molecule has 2 N–H and O–H groups in total. The molecule has 0 aliphatic rings. The van der Waals surface area contributed by atoms with Gasteiger partial charge in [-0.25, -0.2) is 8.42 Å². The minimum Gasteiger partial charge on any atom is -0.451 e. The molecule has 9 heteroatoms. The van der Waals surface area contributed by atoms with Crippen molar-refractivity contribution in [2.24, 2.45) is 0 Å².